The minimum Gasteiger partial charge on any atom is -0.391 e. The molecule has 4 aliphatic rings. The maximum atomic E-state index is 11.1. The SMILES string of the molecule is OC1CCN(c2ccccc2)C12CCCN(C1CC[C@@H]3CCCC[C@@H]3C1)C2. The molecule has 2 saturated heterocycles. The largest absolute Gasteiger partial charge is 0.391 e. The van der Waals surface area contributed by atoms with Crippen LogP contribution in [0.15, 0.2) is 30.3 Å². The van der Waals surface area contributed by atoms with Crippen LogP contribution in [-0.2, 0) is 0 Å². The van der Waals surface area contributed by atoms with Gasteiger partial charge in [-0.3, -0.25) is 4.90 Å². The molecule has 3 heteroatoms. The molecule has 1 spiro atoms. The van der Waals surface area contributed by atoms with Crippen LogP contribution in [0, 0.1) is 11.8 Å². The lowest BCUT2D eigenvalue weighted by Crippen LogP contribution is -2.62. The lowest BCUT2D eigenvalue weighted by atomic mass is 9.68. The average Bonchev–Trinajstić information content (AvgIpc) is 3.03. The van der Waals surface area contributed by atoms with E-state index in [0.717, 1.165) is 43.8 Å². The molecule has 0 radical (unpaired) electrons. The highest BCUT2D eigenvalue weighted by Crippen LogP contribution is 2.45. The molecule has 0 aromatic heterocycles. The number of aliphatic hydroxyl groups excluding tert-OH is 1. The van der Waals surface area contributed by atoms with E-state index in [4.69, 9.17) is 0 Å². The van der Waals surface area contributed by atoms with Gasteiger partial charge in [0.15, 0.2) is 0 Å². The van der Waals surface area contributed by atoms with Gasteiger partial charge in [0, 0.05) is 24.8 Å². The van der Waals surface area contributed by atoms with Crippen LogP contribution in [0.1, 0.15) is 64.2 Å². The van der Waals surface area contributed by atoms with Gasteiger partial charge >= 0.3 is 0 Å². The van der Waals surface area contributed by atoms with Crippen LogP contribution in [-0.4, -0.2) is 47.3 Å². The Kier molecular flexibility index (Phi) is 4.94. The summed E-state index contributed by atoms with van der Waals surface area (Å²) in [5, 5.41) is 11.1. The third-order valence-corrected chi connectivity index (χ3v) is 8.41. The van der Waals surface area contributed by atoms with Crippen LogP contribution in [0.25, 0.3) is 0 Å². The number of anilines is 1. The second-order valence-corrected chi connectivity index (χ2v) is 9.74. The zero-order chi connectivity index (χ0) is 18.3. The molecule has 2 heterocycles. The van der Waals surface area contributed by atoms with Crippen LogP contribution in [0.2, 0.25) is 0 Å². The summed E-state index contributed by atoms with van der Waals surface area (Å²) in [5.74, 6) is 2.00. The van der Waals surface area contributed by atoms with Crippen molar-refractivity contribution in [3.05, 3.63) is 30.3 Å². The highest BCUT2D eigenvalue weighted by Gasteiger charge is 2.51. The van der Waals surface area contributed by atoms with Crippen molar-refractivity contribution >= 4 is 5.69 Å². The number of fused-ring (bicyclic) bond motifs is 1. The van der Waals surface area contributed by atoms with Crippen molar-refractivity contribution < 1.29 is 5.11 Å². The Balaban J connectivity index is 1.35. The van der Waals surface area contributed by atoms with E-state index in [0.29, 0.717) is 0 Å². The van der Waals surface area contributed by atoms with Crippen molar-refractivity contribution in [1.82, 2.24) is 4.90 Å². The third kappa shape index (κ3) is 3.21. The van der Waals surface area contributed by atoms with Crippen LogP contribution >= 0.6 is 0 Å². The van der Waals surface area contributed by atoms with Gasteiger partial charge in [-0.2, -0.15) is 0 Å². The Morgan fingerprint density at radius 3 is 2.52 bits per heavy atom. The summed E-state index contributed by atoms with van der Waals surface area (Å²) in [5.41, 5.74) is 1.23. The monoisotopic (exact) mass is 368 g/mol. The molecule has 5 rings (SSSR count). The van der Waals surface area contributed by atoms with Crippen molar-refractivity contribution in [3.8, 4) is 0 Å². The molecule has 1 aromatic carbocycles. The van der Waals surface area contributed by atoms with Gasteiger partial charge in [-0.1, -0.05) is 43.9 Å². The molecule has 0 bridgehead atoms. The predicted molar refractivity (Wildman–Crippen MR) is 111 cm³/mol. The quantitative estimate of drug-likeness (QED) is 0.835. The first-order valence-electron chi connectivity index (χ1n) is 11.5. The first kappa shape index (κ1) is 18.0. The zero-order valence-electron chi connectivity index (χ0n) is 16.7. The average molecular weight is 369 g/mol. The molecule has 3 nitrogen and oxygen atoms in total. The second kappa shape index (κ2) is 7.40. The summed E-state index contributed by atoms with van der Waals surface area (Å²) >= 11 is 0. The number of benzene rings is 1. The number of aliphatic hydroxyl groups is 1. The van der Waals surface area contributed by atoms with Crippen LogP contribution < -0.4 is 4.90 Å². The number of hydrogen-bond acceptors (Lipinski definition) is 3. The van der Waals surface area contributed by atoms with Gasteiger partial charge in [-0.25, -0.2) is 0 Å². The highest BCUT2D eigenvalue weighted by molar-refractivity contribution is 5.51. The van der Waals surface area contributed by atoms with Crippen molar-refractivity contribution in [3.63, 3.8) is 0 Å². The van der Waals surface area contributed by atoms with Crippen molar-refractivity contribution in [2.24, 2.45) is 11.8 Å². The molecule has 5 atom stereocenters. The normalized spacial score (nSPS) is 40.3. The molecule has 3 unspecified atom stereocenters. The van der Waals surface area contributed by atoms with E-state index in [1.807, 2.05) is 0 Å². The van der Waals surface area contributed by atoms with Crippen LogP contribution in [0.4, 0.5) is 5.69 Å². The molecular formula is C24H36N2O. The molecule has 2 saturated carbocycles. The Hall–Kier alpha value is -1.06. The summed E-state index contributed by atoms with van der Waals surface area (Å²) < 4.78 is 0. The second-order valence-electron chi connectivity index (χ2n) is 9.74. The summed E-state index contributed by atoms with van der Waals surface area (Å²) in [6.07, 6.45) is 13.2. The Morgan fingerprint density at radius 1 is 0.852 bits per heavy atom. The Labute approximate surface area is 164 Å². The molecule has 148 valence electrons. The number of para-hydroxylation sites is 1. The molecule has 1 N–H and O–H groups in total. The minimum atomic E-state index is -0.188. The lowest BCUT2D eigenvalue weighted by Gasteiger charge is -2.52. The highest BCUT2D eigenvalue weighted by atomic mass is 16.3. The summed E-state index contributed by atoms with van der Waals surface area (Å²) in [4.78, 5) is 5.34. The van der Waals surface area contributed by atoms with Crippen molar-refractivity contribution in [2.45, 2.75) is 81.9 Å². The standard InChI is InChI=1S/C24H36N2O/c27-23-13-16-26(21-9-2-1-3-10-21)24(23)14-6-15-25(18-24)22-12-11-19-7-4-5-8-20(19)17-22/h1-3,9-10,19-20,22-23,27H,4-8,11-18H2/t19-,20+,22?,23?,24?/m0/s1. The van der Waals surface area contributed by atoms with E-state index >= 15 is 0 Å². The van der Waals surface area contributed by atoms with Gasteiger partial charge in [0.2, 0.25) is 0 Å². The summed E-state index contributed by atoms with van der Waals surface area (Å²) in [6.45, 7) is 3.29. The Morgan fingerprint density at radius 2 is 1.67 bits per heavy atom. The minimum absolute atomic E-state index is 0.0665. The molecular weight excluding hydrogens is 332 g/mol. The first-order valence-corrected chi connectivity index (χ1v) is 11.5. The van der Waals surface area contributed by atoms with Gasteiger partial charge in [-0.15, -0.1) is 0 Å². The van der Waals surface area contributed by atoms with E-state index in [1.54, 1.807) is 0 Å². The lowest BCUT2D eigenvalue weighted by molar-refractivity contribution is 0.00413. The van der Waals surface area contributed by atoms with Crippen LogP contribution in [0.5, 0.6) is 0 Å². The number of rotatable bonds is 2. The number of hydrogen-bond donors (Lipinski definition) is 1. The maximum Gasteiger partial charge on any atom is 0.0801 e. The molecule has 2 aliphatic carbocycles. The number of nitrogens with zero attached hydrogens (tertiary/aromatic N) is 2. The molecule has 0 amide bonds. The smallest absolute Gasteiger partial charge is 0.0801 e. The molecule has 27 heavy (non-hydrogen) atoms. The zero-order valence-corrected chi connectivity index (χ0v) is 16.7. The van der Waals surface area contributed by atoms with Gasteiger partial charge in [0.25, 0.3) is 0 Å². The van der Waals surface area contributed by atoms with E-state index < -0.39 is 0 Å². The van der Waals surface area contributed by atoms with Gasteiger partial charge in [0.05, 0.1) is 11.6 Å². The van der Waals surface area contributed by atoms with Crippen molar-refractivity contribution in [1.29, 1.82) is 0 Å². The van der Waals surface area contributed by atoms with Crippen molar-refractivity contribution in [2.75, 3.05) is 24.5 Å². The maximum absolute atomic E-state index is 11.1. The van der Waals surface area contributed by atoms with Gasteiger partial charge in [0.1, 0.15) is 0 Å². The topological polar surface area (TPSA) is 26.7 Å². The van der Waals surface area contributed by atoms with E-state index in [1.165, 1.54) is 63.6 Å². The predicted octanol–water partition coefficient (Wildman–Crippen LogP) is 4.45. The summed E-state index contributed by atoms with van der Waals surface area (Å²) in [6, 6.07) is 11.6. The van der Waals surface area contributed by atoms with E-state index in [2.05, 4.69) is 40.1 Å². The number of likely N-dealkylation sites (tertiary alicyclic amines) is 1. The number of piperidine rings is 1. The van der Waals surface area contributed by atoms with Crippen LogP contribution in [0.3, 0.4) is 0 Å². The molecule has 1 aromatic rings. The fourth-order valence-electron chi connectivity index (χ4n) is 7.00. The molecule has 4 fully saturated rings. The fraction of sp³-hybridized carbons (Fsp3) is 0.750. The summed E-state index contributed by atoms with van der Waals surface area (Å²) in [7, 11) is 0. The molecule has 2 aliphatic heterocycles. The fourth-order valence-corrected chi connectivity index (χ4v) is 7.00. The third-order valence-electron chi connectivity index (χ3n) is 8.41. The van der Waals surface area contributed by atoms with Gasteiger partial charge < -0.3 is 10.0 Å². The Bertz CT molecular complexity index is 635. The first-order chi connectivity index (χ1) is 13.3. The van der Waals surface area contributed by atoms with Gasteiger partial charge in [-0.05, 0) is 69.0 Å². The van der Waals surface area contributed by atoms with E-state index in [-0.39, 0.29) is 11.6 Å². The van der Waals surface area contributed by atoms with E-state index in [9.17, 15) is 5.11 Å².